The average Bonchev–Trinajstić information content (AvgIpc) is 2.55. The Kier molecular flexibility index (Phi) is 3.15. The molecule has 1 amide bonds. The Bertz CT molecular complexity index is 674. The SMILES string of the molecule is O=C(NC1CN2CCC1CC2)c1ccc2ccccc2c1. The molecule has 3 aliphatic heterocycles. The van der Waals surface area contributed by atoms with Gasteiger partial charge in [-0.3, -0.25) is 4.79 Å². The molecule has 108 valence electrons. The van der Waals surface area contributed by atoms with Crippen LogP contribution in [0, 0.1) is 5.92 Å². The largest absolute Gasteiger partial charge is 0.348 e. The van der Waals surface area contributed by atoms with E-state index in [1.165, 1.54) is 31.3 Å². The fraction of sp³-hybridized carbons (Fsp3) is 0.389. The first-order chi connectivity index (χ1) is 10.3. The molecule has 3 nitrogen and oxygen atoms in total. The third-order valence-corrected chi connectivity index (χ3v) is 4.98. The number of benzene rings is 2. The Morgan fingerprint density at radius 3 is 2.52 bits per heavy atom. The zero-order valence-electron chi connectivity index (χ0n) is 12.1. The molecule has 3 heteroatoms. The second-order valence-corrected chi connectivity index (χ2v) is 6.28. The predicted octanol–water partition coefficient (Wildman–Crippen LogP) is 2.66. The second kappa shape index (κ2) is 5.15. The van der Waals surface area contributed by atoms with Gasteiger partial charge in [0.2, 0.25) is 0 Å². The number of fused-ring (bicyclic) bond motifs is 4. The van der Waals surface area contributed by atoms with Crippen molar-refractivity contribution >= 4 is 16.7 Å². The maximum Gasteiger partial charge on any atom is 0.251 e. The van der Waals surface area contributed by atoms with Gasteiger partial charge in [0.15, 0.2) is 0 Å². The molecule has 3 fully saturated rings. The molecule has 3 aliphatic rings. The number of hydrogen-bond acceptors (Lipinski definition) is 2. The Hall–Kier alpha value is -1.87. The van der Waals surface area contributed by atoms with Crippen molar-refractivity contribution in [2.45, 2.75) is 18.9 Å². The van der Waals surface area contributed by atoms with Crippen molar-refractivity contribution in [2.24, 2.45) is 5.92 Å². The number of rotatable bonds is 2. The lowest BCUT2D eigenvalue weighted by molar-refractivity contribution is 0.0620. The number of piperidine rings is 3. The summed E-state index contributed by atoms with van der Waals surface area (Å²) in [5.41, 5.74) is 0.769. The quantitative estimate of drug-likeness (QED) is 0.917. The van der Waals surface area contributed by atoms with E-state index in [0.29, 0.717) is 12.0 Å². The van der Waals surface area contributed by atoms with Crippen molar-refractivity contribution in [1.29, 1.82) is 0 Å². The zero-order valence-corrected chi connectivity index (χ0v) is 12.1. The van der Waals surface area contributed by atoms with Crippen LogP contribution in [-0.4, -0.2) is 36.5 Å². The lowest BCUT2D eigenvalue weighted by Gasteiger charge is -2.44. The molecule has 2 bridgehead atoms. The minimum atomic E-state index is 0.0690. The van der Waals surface area contributed by atoms with Gasteiger partial charge in [-0.1, -0.05) is 30.3 Å². The molecule has 2 aromatic carbocycles. The van der Waals surface area contributed by atoms with Crippen LogP contribution in [-0.2, 0) is 0 Å². The number of nitrogens with zero attached hydrogens (tertiary/aromatic N) is 1. The normalized spacial score (nSPS) is 27.7. The van der Waals surface area contributed by atoms with Crippen LogP contribution in [0.15, 0.2) is 42.5 Å². The van der Waals surface area contributed by atoms with Gasteiger partial charge in [0, 0.05) is 18.2 Å². The molecule has 21 heavy (non-hydrogen) atoms. The fourth-order valence-corrected chi connectivity index (χ4v) is 3.71. The standard InChI is InChI=1S/C18H20N2O/c21-18(19-17-12-20-9-7-14(17)8-10-20)16-6-5-13-3-1-2-4-15(13)11-16/h1-6,11,14,17H,7-10,12H2,(H,19,21). The van der Waals surface area contributed by atoms with E-state index >= 15 is 0 Å². The number of amides is 1. The molecule has 0 radical (unpaired) electrons. The minimum Gasteiger partial charge on any atom is -0.348 e. The van der Waals surface area contributed by atoms with Crippen LogP contribution in [0.4, 0.5) is 0 Å². The van der Waals surface area contributed by atoms with E-state index in [-0.39, 0.29) is 5.91 Å². The van der Waals surface area contributed by atoms with Crippen LogP contribution in [0.25, 0.3) is 10.8 Å². The molecule has 0 spiro atoms. The molecule has 5 rings (SSSR count). The summed E-state index contributed by atoms with van der Waals surface area (Å²) in [5, 5.41) is 5.55. The maximum absolute atomic E-state index is 12.5. The van der Waals surface area contributed by atoms with E-state index in [1.807, 2.05) is 30.3 Å². The van der Waals surface area contributed by atoms with E-state index in [1.54, 1.807) is 0 Å². The molecule has 1 unspecified atom stereocenters. The molecule has 0 aromatic heterocycles. The highest BCUT2D eigenvalue weighted by Gasteiger charge is 2.34. The molecule has 0 aliphatic carbocycles. The van der Waals surface area contributed by atoms with Gasteiger partial charge in [0.1, 0.15) is 0 Å². The van der Waals surface area contributed by atoms with Gasteiger partial charge >= 0.3 is 0 Å². The van der Waals surface area contributed by atoms with Crippen molar-refractivity contribution in [2.75, 3.05) is 19.6 Å². The van der Waals surface area contributed by atoms with E-state index in [4.69, 9.17) is 0 Å². The first-order valence-electron chi connectivity index (χ1n) is 7.81. The van der Waals surface area contributed by atoms with Gasteiger partial charge in [-0.2, -0.15) is 0 Å². The van der Waals surface area contributed by atoms with Crippen molar-refractivity contribution in [1.82, 2.24) is 10.2 Å². The molecule has 0 saturated carbocycles. The topological polar surface area (TPSA) is 32.3 Å². The van der Waals surface area contributed by atoms with E-state index in [9.17, 15) is 4.79 Å². The summed E-state index contributed by atoms with van der Waals surface area (Å²) in [6, 6.07) is 14.4. The van der Waals surface area contributed by atoms with Crippen LogP contribution < -0.4 is 5.32 Å². The first-order valence-corrected chi connectivity index (χ1v) is 7.81. The van der Waals surface area contributed by atoms with Crippen LogP contribution in [0.2, 0.25) is 0 Å². The lowest BCUT2D eigenvalue weighted by atomic mass is 9.84. The summed E-state index contributed by atoms with van der Waals surface area (Å²) < 4.78 is 0. The second-order valence-electron chi connectivity index (χ2n) is 6.28. The van der Waals surface area contributed by atoms with Crippen molar-refractivity contribution in [3.8, 4) is 0 Å². The van der Waals surface area contributed by atoms with Crippen molar-refractivity contribution in [3.63, 3.8) is 0 Å². The summed E-state index contributed by atoms with van der Waals surface area (Å²) >= 11 is 0. The third-order valence-electron chi connectivity index (χ3n) is 4.98. The highest BCUT2D eigenvalue weighted by molar-refractivity contribution is 5.98. The van der Waals surface area contributed by atoms with Crippen molar-refractivity contribution < 1.29 is 4.79 Å². The van der Waals surface area contributed by atoms with E-state index < -0.39 is 0 Å². The Balaban J connectivity index is 1.53. The van der Waals surface area contributed by atoms with Gasteiger partial charge < -0.3 is 10.2 Å². The molecular formula is C18H20N2O. The number of carbonyl (C=O) groups excluding carboxylic acids is 1. The summed E-state index contributed by atoms with van der Waals surface area (Å²) in [7, 11) is 0. The fourth-order valence-electron chi connectivity index (χ4n) is 3.71. The van der Waals surface area contributed by atoms with Gasteiger partial charge in [-0.25, -0.2) is 0 Å². The van der Waals surface area contributed by atoms with Crippen LogP contribution in [0.5, 0.6) is 0 Å². The maximum atomic E-state index is 12.5. The van der Waals surface area contributed by atoms with Crippen LogP contribution in [0.1, 0.15) is 23.2 Å². The molecule has 1 atom stereocenters. The summed E-state index contributed by atoms with van der Waals surface area (Å²) in [6.07, 6.45) is 2.45. The minimum absolute atomic E-state index is 0.0690. The summed E-state index contributed by atoms with van der Waals surface area (Å²) in [6.45, 7) is 3.42. The molecule has 1 N–H and O–H groups in total. The Morgan fingerprint density at radius 1 is 1.05 bits per heavy atom. The smallest absolute Gasteiger partial charge is 0.251 e. The highest BCUT2D eigenvalue weighted by Crippen LogP contribution is 2.27. The third kappa shape index (κ3) is 2.42. The summed E-state index contributed by atoms with van der Waals surface area (Å²) in [4.78, 5) is 15.0. The molecule has 2 aromatic rings. The van der Waals surface area contributed by atoms with Gasteiger partial charge in [0.05, 0.1) is 0 Å². The molecule has 3 saturated heterocycles. The number of carbonyl (C=O) groups is 1. The number of nitrogens with one attached hydrogen (secondary N) is 1. The molecular weight excluding hydrogens is 260 g/mol. The zero-order chi connectivity index (χ0) is 14.2. The predicted molar refractivity (Wildman–Crippen MR) is 84.4 cm³/mol. The van der Waals surface area contributed by atoms with Crippen LogP contribution >= 0.6 is 0 Å². The van der Waals surface area contributed by atoms with Gasteiger partial charge in [0.25, 0.3) is 5.91 Å². The molecule has 3 heterocycles. The number of hydrogen-bond donors (Lipinski definition) is 1. The van der Waals surface area contributed by atoms with E-state index in [2.05, 4.69) is 22.3 Å². The van der Waals surface area contributed by atoms with Crippen molar-refractivity contribution in [3.05, 3.63) is 48.0 Å². The monoisotopic (exact) mass is 280 g/mol. The summed E-state index contributed by atoms with van der Waals surface area (Å²) in [5.74, 6) is 0.735. The van der Waals surface area contributed by atoms with E-state index in [0.717, 1.165) is 17.5 Å². The first kappa shape index (κ1) is 12.8. The lowest BCUT2D eigenvalue weighted by Crippen LogP contribution is -2.57. The van der Waals surface area contributed by atoms with Crippen LogP contribution in [0.3, 0.4) is 0 Å². The highest BCUT2D eigenvalue weighted by atomic mass is 16.1. The average molecular weight is 280 g/mol. The van der Waals surface area contributed by atoms with Gasteiger partial charge in [-0.15, -0.1) is 0 Å². The Morgan fingerprint density at radius 2 is 1.81 bits per heavy atom. The van der Waals surface area contributed by atoms with Gasteiger partial charge in [-0.05, 0) is 54.8 Å². The Labute approximate surface area is 124 Å².